The SMILES string of the molecule is CC(C)CCCCCCCCCCCCCCCCCCCCC(=O)OC[C@H](COC(=O)CCCCCCCCCC(C)C)OC(=O)CCCCCCCCCCCCCCC(C)C. The Hall–Kier alpha value is -1.59. The second kappa shape index (κ2) is 49.3. The van der Waals surface area contributed by atoms with E-state index in [1.165, 1.54) is 199 Å². The van der Waals surface area contributed by atoms with E-state index in [0.29, 0.717) is 19.3 Å². The molecule has 0 aromatic heterocycles. The van der Waals surface area contributed by atoms with E-state index in [1.54, 1.807) is 0 Å². The van der Waals surface area contributed by atoms with Crippen LogP contribution in [0.25, 0.3) is 0 Å². The number of esters is 3. The van der Waals surface area contributed by atoms with Gasteiger partial charge in [-0.15, -0.1) is 0 Å². The van der Waals surface area contributed by atoms with Gasteiger partial charge in [-0.05, 0) is 37.0 Å². The lowest BCUT2D eigenvalue weighted by atomic mass is 10.0. The van der Waals surface area contributed by atoms with Crippen LogP contribution >= 0.6 is 0 Å². The molecule has 0 amide bonds. The molecule has 0 bridgehead atoms. The van der Waals surface area contributed by atoms with E-state index >= 15 is 0 Å². The maximum Gasteiger partial charge on any atom is 0.306 e. The van der Waals surface area contributed by atoms with E-state index in [4.69, 9.17) is 14.2 Å². The lowest BCUT2D eigenvalue weighted by Gasteiger charge is -2.18. The van der Waals surface area contributed by atoms with Crippen molar-refractivity contribution in [1.29, 1.82) is 0 Å². The molecule has 0 aromatic carbocycles. The number of carbonyl (C=O) groups is 3. The number of ether oxygens (including phenoxy) is 3. The molecule has 64 heavy (non-hydrogen) atoms. The summed E-state index contributed by atoms with van der Waals surface area (Å²) in [5, 5.41) is 0. The minimum Gasteiger partial charge on any atom is -0.462 e. The van der Waals surface area contributed by atoms with E-state index in [-0.39, 0.29) is 31.1 Å². The van der Waals surface area contributed by atoms with Crippen LogP contribution in [0.2, 0.25) is 0 Å². The highest BCUT2D eigenvalue weighted by molar-refractivity contribution is 5.71. The molecule has 1 atom stereocenters. The minimum absolute atomic E-state index is 0.0642. The van der Waals surface area contributed by atoms with Crippen LogP contribution in [0.3, 0.4) is 0 Å². The Labute approximate surface area is 399 Å². The molecule has 0 spiro atoms. The fraction of sp³-hybridized carbons (Fsp3) is 0.948. The van der Waals surface area contributed by atoms with Crippen molar-refractivity contribution in [3.8, 4) is 0 Å². The van der Waals surface area contributed by atoms with Gasteiger partial charge in [0.15, 0.2) is 6.10 Å². The van der Waals surface area contributed by atoms with Crippen molar-refractivity contribution in [1.82, 2.24) is 0 Å². The first-order chi connectivity index (χ1) is 31.1. The van der Waals surface area contributed by atoms with Gasteiger partial charge >= 0.3 is 17.9 Å². The van der Waals surface area contributed by atoms with Crippen LogP contribution in [-0.4, -0.2) is 37.2 Å². The highest BCUT2D eigenvalue weighted by Crippen LogP contribution is 2.18. The third-order valence-corrected chi connectivity index (χ3v) is 13.1. The molecule has 6 heteroatoms. The van der Waals surface area contributed by atoms with Crippen LogP contribution in [-0.2, 0) is 28.6 Å². The molecule has 0 saturated carbocycles. The number of hydrogen-bond acceptors (Lipinski definition) is 6. The summed E-state index contributed by atoms with van der Waals surface area (Å²) in [5.41, 5.74) is 0. The minimum atomic E-state index is -0.763. The van der Waals surface area contributed by atoms with E-state index in [9.17, 15) is 14.4 Å². The van der Waals surface area contributed by atoms with Crippen LogP contribution in [0.1, 0.15) is 318 Å². The zero-order chi connectivity index (χ0) is 47.0. The van der Waals surface area contributed by atoms with Crippen molar-refractivity contribution in [2.75, 3.05) is 13.2 Å². The van der Waals surface area contributed by atoms with Crippen molar-refractivity contribution >= 4 is 17.9 Å². The van der Waals surface area contributed by atoms with Crippen molar-refractivity contribution < 1.29 is 28.6 Å². The van der Waals surface area contributed by atoms with Gasteiger partial charge in [-0.25, -0.2) is 0 Å². The molecule has 0 N–H and O–H groups in total. The first kappa shape index (κ1) is 62.4. The Morgan fingerprint density at radius 3 is 0.672 bits per heavy atom. The lowest BCUT2D eigenvalue weighted by Crippen LogP contribution is -2.30. The molecular weight excluding hydrogens is 793 g/mol. The molecule has 0 heterocycles. The van der Waals surface area contributed by atoms with Crippen LogP contribution in [0.15, 0.2) is 0 Å². The van der Waals surface area contributed by atoms with Gasteiger partial charge in [0.2, 0.25) is 0 Å². The number of hydrogen-bond donors (Lipinski definition) is 0. The van der Waals surface area contributed by atoms with Gasteiger partial charge in [-0.2, -0.15) is 0 Å². The Bertz CT molecular complexity index is 991. The summed E-state index contributed by atoms with van der Waals surface area (Å²) in [7, 11) is 0. The second-order valence-electron chi connectivity index (χ2n) is 21.4. The standard InChI is InChI=1S/C58H112O6/c1-52(2)44-38-32-26-21-17-13-11-9-7-8-10-12-14-19-23-29-35-41-47-56(59)62-50-55(51-63-57(60)48-42-36-31-25-28-34-40-46-54(5)6)64-58(61)49-43-37-30-24-20-16-15-18-22-27-33-39-45-53(3)4/h52-55H,7-51H2,1-6H3/t55-/m1/s1. The maximum absolute atomic E-state index is 12.8. The summed E-state index contributed by atoms with van der Waals surface area (Å²) in [4.78, 5) is 38.0. The van der Waals surface area contributed by atoms with Crippen LogP contribution in [0, 0.1) is 17.8 Å². The van der Waals surface area contributed by atoms with Crippen LogP contribution in [0.4, 0.5) is 0 Å². The predicted octanol–water partition coefficient (Wildman–Crippen LogP) is 18.7. The van der Waals surface area contributed by atoms with E-state index < -0.39 is 6.10 Å². The molecule has 0 aromatic rings. The van der Waals surface area contributed by atoms with E-state index in [1.807, 2.05) is 0 Å². The molecule has 0 aliphatic carbocycles. The molecule has 0 unspecified atom stereocenters. The zero-order valence-electron chi connectivity index (χ0n) is 44.1. The molecule has 0 rings (SSSR count). The summed E-state index contributed by atoms with van der Waals surface area (Å²) < 4.78 is 16.9. The van der Waals surface area contributed by atoms with Crippen LogP contribution in [0.5, 0.6) is 0 Å². The van der Waals surface area contributed by atoms with Gasteiger partial charge in [-0.3, -0.25) is 14.4 Å². The van der Waals surface area contributed by atoms with Gasteiger partial charge in [-0.1, -0.05) is 279 Å². The van der Waals surface area contributed by atoms with Gasteiger partial charge in [0, 0.05) is 19.3 Å². The first-order valence-electron chi connectivity index (χ1n) is 28.6. The topological polar surface area (TPSA) is 78.9 Å². The zero-order valence-corrected chi connectivity index (χ0v) is 44.1. The fourth-order valence-electron chi connectivity index (χ4n) is 8.82. The number of carbonyl (C=O) groups excluding carboxylic acids is 3. The summed E-state index contributed by atoms with van der Waals surface area (Å²) in [5.74, 6) is 1.62. The summed E-state index contributed by atoms with van der Waals surface area (Å²) in [6.45, 7) is 13.7. The molecule has 0 saturated heterocycles. The Kier molecular flexibility index (Phi) is 48.1. The number of unbranched alkanes of at least 4 members (excludes halogenated alkanes) is 34. The third-order valence-electron chi connectivity index (χ3n) is 13.1. The maximum atomic E-state index is 12.8. The second-order valence-corrected chi connectivity index (χ2v) is 21.4. The fourth-order valence-corrected chi connectivity index (χ4v) is 8.82. The molecule has 6 nitrogen and oxygen atoms in total. The van der Waals surface area contributed by atoms with Gasteiger partial charge in [0.1, 0.15) is 13.2 Å². The number of rotatable bonds is 51. The third kappa shape index (κ3) is 51.4. The normalized spacial score (nSPS) is 12.1. The largest absolute Gasteiger partial charge is 0.462 e. The molecule has 0 aliphatic heterocycles. The van der Waals surface area contributed by atoms with Gasteiger partial charge < -0.3 is 14.2 Å². The van der Waals surface area contributed by atoms with Crippen LogP contribution < -0.4 is 0 Å². The molecule has 0 aliphatic rings. The van der Waals surface area contributed by atoms with E-state index in [2.05, 4.69) is 41.5 Å². The smallest absolute Gasteiger partial charge is 0.306 e. The predicted molar refractivity (Wildman–Crippen MR) is 275 cm³/mol. The summed E-state index contributed by atoms with van der Waals surface area (Å²) in [6.07, 6.45) is 51.1. The highest BCUT2D eigenvalue weighted by atomic mass is 16.6. The first-order valence-corrected chi connectivity index (χ1v) is 28.6. The molecule has 0 radical (unpaired) electrons. The van der Waals surface area contributed by atoms with Gasteiger partial charge in [0.25, 0.3) is 0 Å². The van der Waals surface area contributed by atoms with Crippen molar-refractivity contribution in [2.24, 2.45) is 17.8 Å². The monoisotopic (exact) mass is 905 g/mol. The Morgan fingerprint density at radius 2 is 0.453 bits per heavy atom. The Morgan fingerprint density at radius 1 is 0.266 bits per heavy atom. The average molecular weight is 906 g/mol. The van der Waals surface area contributed by atoms with E-state index in [0.717, 1.165) is 75.5 Å². The summed E-state index contributed by atoms with van der Waals surface area (Å²) in [6, 6.07) is 0. The molecule has 0 fully saturated rings. The van der Waals surface area contributed by atoms with Crippen molar-refractivity contribution in [2.45, 2.75) is 324 Å². The van der Waals surface area contributed by atoms with Crippen molar-refractivity contribution in [3.05, 3.63) is 0 Å². The average Bonchev–Trinajstić information content (AvgIpc) is 3.25. The quantitative estimate of drug-likeness (QED) is 0.0344. The summed E-state index contributed by atoms with van der Waals surface area (Å²) >= 11 is 0. The molecule has 380 valence electrons. The lowest BCUT2D eigenvalue weighted by molar-refractivity contribution is -0.167. The van der Waals surface area contributed by atoms with Crippen molar-refractivity contribution in [3.63, 3.8) is 0 Å². The Balaban J connectivity index is 4.21. The highest BCUT2D eigenvalue weighted by Gasteiger charge is 2.19. The molecular formula is C58H112O6. The van der Waals surface area contributed by atoms with Gasteiger partial charge in [0.05, 0.1) is 0 Å².